The summed E-state index contributed by atoms with van der Waals surface area (Å²) in [6.45, 7) is 5.81. The Morgan fingerprint density at radius 1 is 1.25 bits per heavy atom. The summed E-state index contributed by atoms with van der Waals surface area (Å²) < 4.78 is 5.39. The van der Waals surface area contributed by atoms with E-state index >= 15 is 0 Å². The number of hydrogen-bond donors (Lipinski definition) is 1. The van der Waals surface area contributed by atoms with E-state index in [0.29, 0.717) is 5.92 Å². The minimum Gasteiger partial charge on any atom is -0.497 e. The first-order valence-electron chi connectivity index (χ1n) is 8.70. The number of aryl methyl sites for hydroxylation is 1. The van der Waals surface area contributed by atoms with E-state index in [1.54, 1.807) is 7.11 Å². The fraction of sp³-hybridized carbons (Fsp3) is 0.474. The second kappa shape index (κ2) is 6.40. The molecule has 1 atom stereocenters. The third-order valence-electron chi connectivity index (χ3n) is 5.06. The molecule has 1 N–H and O–H groups in total. The molecule has 5 heteroatoms. The van der Waals surface area contributed by atoms with Crippen LogP contribution in [0.25, 0.3) is 0 Å². The van der Waals surface area contributed by atoms with Crippen molar-refractivity contribution in [2.24, 2.45) is 0 Å². The van der Waals surface area contributed by atoms with Gasteiger partial charge in [0, 0.05) is 37.7 Å². The molecule has 2 aromatic rings. The number of fused-ring (bicyclic) bond motifs is 1. The summed E-state index contributed by atoms with van der Waals surface area (Å²) in [7, 11) is 1.73. The van der Waals surface area contributed by atoms with Crippen molar-refractivity contribution in [3.63, 3.8) is 0 Å². The van der Waals surface area contributed by atoms with E-state index < -0.39 is 0 Å². The summed E-state index contributed by atoms with van der Waals surface area (Å²) in [5, 5.41) is 3.41. The summed E-state index contributed by atoms with van der Waals surface area (Å²) in [5.74, 6) is 3.47. The highest BCUT2D eigenvalue weighted by Crippen LogP contribution is 2.33. The van der Waals surface area contributed by atoms with Crippen molar-refractivity contribution < 1.29 is 4.74 Å². The molecule has 2 aliphatic rings. The molecule has 1 saturated heterocycles. The molecular weight excluding hydrogens is 300 g/mol. The van der Waals surface area contributed by atoms with Gasteiger partial charge in [-0.1, -0.05) is 12.1 Å². The molecule has 2 aliphatic heterocycles. The highest BCUT2D eigenvalue weighted by Gasteiger charge is 2.27. The standard InChI is InChI=1S/C19H24N4O/c1-13-21-18-11-20-10-17(18)19(22-13)23-8-4-6-15(12-23)14-5-3-7-16(9-14)24-2/h3,5,7,9,15,20H,4,6,8,10-12H2,1-2H3/t15-/m1/s1. The van der Waals surface area contributed by atoms with Crippen LogP contribution in [0.2, 0.25) is 0 Å². The number of anilines is 1. The van der Waals surface area contributed by atoms with Crippen LogP contribution in [0.3, 0.4) is 0 Å². The summed E-state index contributed by atoms with van der Waals surface area (Å²) in [6, 6.07) is 8.49. The zero-order chi connectivity index (χ0) is 16.5. The maximum atomic E-state index is 5.39. The zero-order valence-electron chi connectivity index (χ0n) is 14.4. The van der Waals surface area contributed by atoms with Gasteiger partial charge in [0.1, 0.15) is 17.4 Å². The molecular formula is C19H24N4O. The third-order valence-corrected chi connectivity index (χ3v) is 5.06. The van der Waals surface area contributed by atoms with E-state index in [9.17, 15) is 0 Å². The Kier molecular flexibility index (Phi) is 4.10. The number of aromatic nitrogens is 2. The molecule has 24 heavy (non-hydrogen) atoms. The topological polar surface area (TPSA) is 50.3 Å². The first-order chi connectivity index (χ1) is 11.7. The van der Waals surface area contributed by atoms with Gasteiger partial charge in [-0.25, -0.2) is 9.97 Å². The Labute approximate surface area is 143 Å². The van der Waals surface area contributed by atoms with Crippen molar-refractivity contribution in [3.8, 4) is 5.75 Å². The Morgan fingerprint density at radius 3 is 3.04 bits per heavy atom. The molecule has 0 saturated carbocycles. The molecule has 0 amide bonds. The van der Waals surface area contributed by atoms with Crippen LogP contribution in [-0.2, 0) is 13.1 Å². The van der Waals surface area contributed by atoms with Crippen molar-refractivity contribution in [3.05, 3.63) is 46.9 Å². The molecule has 0 aliphatic carbocycles. The van der Waals surface area contributed by atoms with Crippen molar-refractivity contribution in [2.45, 2.75) is 38.8 Å². The van der Waals surface area contributed by atoms with Crippen LogP contribution in [0.4, 0.5) is 5.82 Å². The molecule has 0 radical (unpaired) electrons. The Bertz CT molecular complexity index is 746. The molecule has 4 rings (SSSR count). The fourth-order valence-corrected chi connectivity index (χ4v) is 3.87. The summed E-state index contributed by atoms with van der Waals surface area (Å²) in [6.07, 6.45) is 2.40. The van der Waals surface area contributed by atoms with Gasteiger partial charge in [-0.2, -0.15) is 0 Å². The zero-order valence-corrected chi connectivity index (χ0v) is 14.4. The smallest absolute Gasteiger partial charge is 0.137 e. The Balaban J connectivity index is 1.62. The first-order valence-corrected chi connectivity index (χ1v) is 8.70. The summed E-state index contributed by atoms with van der Waals surface area (Å²) >= 11 is 0. The largest absolute Gasteiger partial charge is 0.497 e. The highest BCUT2D eigenvalue weighted by atomic mass is 16.5. The number of piperidine rings is 1. The van der Waals surface area contributed by atoms with Gasteiger partial charge < -0.3 is 15.0 Å². The van der Waals surface area contributed by atoms with Gasteiger partial charge in [-0.3, -0.25) is 0 Å². The fourth-order valence-electron chi connectivity index (χ4n) is 3.87. The lowest BCUT2D eigenvalue weighted by Crippen LogP contribution is -2.36. The third kappa shape index (κ3) is 2.84. The molecule has 0 bridgehead atoms. The van der Waals surface area contributed by atoms with Crippen LogP contribution in [0.1, 0.15) is 41.4 Å². The number of rotatable bonds is 3. The Hall–Kier alpha value is -2.14. The second-order valence-electron chi connectivity index (χ2n) is 6.69. The van der Waals surface area contributed by atoms with Crippen LogP contribution in [0.15, 0.2) is 24.3 Å². The molecule has 5 nitrogen and oxygen atoms in total. The van der Waals surface area contributed by atoms with E-state index in [4.69, 9.17) is 9.72 Å². The minimum absolute atomic E-state index is 0.522. The predicted molar refractivity (Wildman–Crippen MR) is 94.5 cm³/mol. The lowest BCUT2D eigenvalue weighted by Gasteiger charge is -2.35. The lowest BCUT2D eigenvalue weighted by molar-refractivity contribution is 0.412. The molecule has 3 heterocycles. The van der Waals surface area contributed by atoms with E-state index in [2.05, 4.69) is 33.4 Å². The van der Waals surface area contributed by atoms with Gasteiger partial charge in [0.05, 0.1) is 12.8 Å². The highest BCUT2D eigenvalue weighted by molar-refractivity contribution is 5.51. The summed E-state index contributed by atoms with van der Waals surface area (Å²) in [4.78, 5) is 11.8. The van der Waals surface area contributed by atoms with Crippen molar-refractivity contribution in [1.29, 1.82) is 0 Å². The van der Waals surface area contributed by atoms with Gasteiger partial charge in [0.15, 0.2) is 0 Å². The maximum Gasteiger partial charge on any atom is 0.137 e. The second-order valence-corrected chi connectivity index (χ2v) is 6.69. The van der Waals surface area contributed by atoms with E-state index in [1.807, 2.05) is 13.0 Å². The SMILES string of the molecule is COc1cccc([C@@H]2CCCN(c3nc(C)nc4c3CNC4)C2)c1. The van der Waals surface area contributed by atoms with Crippen LogP contribution in [0.5, 0.6) is 5.75 Å². The molecule has 126 valence electrons. The van der Waals surface area contributed by atoms with Crippen LogP contribution >= 0.6 is 0 Å². The minimum atomic E-state index is 0.522. The monoisotopic (exact) mass is 324 g/mol. The lowest BCUT2D eigenvalue weighted by atomic mass is 9.90. The van der Waals surface area contributed by atoms with E-state index in [-0.39, 0.29) is 0 Å². The van der Waals surface area contributed by atoms with Gasteiger partial charge >= 0.3 is 0 Å². The number of hydrogen-bond acceptors (Lipinski definition) is 5. The average molecular weight is 324 g/mol. The maximum absolute atomic E-state index is 5.39. The number of methoxy groups -OCH3 is 1. The predicted octanol–water partition coefficient (Wildman–Crippen LogP) is 2.78. The van der Waals surface area contributed by atoms with Gasteiger partial charge in [-0.05, 0) is 37.5 Å². The molecule has 1 aromatic heterocycles. The van der Waals surface area contributed by atoms with Gasteiger partial charge in [0.25, 0.3) is 0 Å². The van der Waals surface area contributed by atoms with Gasteiger partial charge in [-0.15, -0.1) is 0 Å². The quantitative estimate of drug-likeness (QED) is 0.941. The van der Waals surface area contributed by atoms with E-state index in [1.165, 1.54) is 29.7 Å². The Morgan fingerprint density at radius 2 is 2.17 bits per heavy atom. The van der Waals surface area contributed by atoms with Crippen LogP contribution < -0.4 is 15.0 Å². The normalized spacial score (nSPS) is 20.1. The number of ether oxygens (including phenoxy) is 1. The number of nitrogens with zero attached hydrogens (tertiary/aromatic N) is 3. The van der Waals surface area contributed by atoms with Crippen molar-refractivity contribution in [2.75, 3.05) is 25.1 Å². The summed E-state index contributed by atoms with van der Waals surface area (Å²) in [5.41, 5.74) is 3.81. The molecule has 1 fully saturated rings. The van der Waals surface area contributed by atoms with Crippen LogP contribution in [-0.4, -0.2) is 30.2 Å². The number of benzene rings is 1. The molecule has 1 aromatic carbocycles. The van der Waals surface area contributed by atoms with E-state index in [0.717, 1.165) is 43.6 Å². The number of nitrogens with one attached hydrogen (secondary N) is 1. The first kappa shape index (κ1) is 15.4. The van der Waals surface area contributed by atoms with Crippen molar-refractivity contribution >= 4 is 5.82 Å². The molecule has 0 spiro atoms. The van der Waals surface area contributed by atoms with Crippen molar-refractivity contribution in [1.82, 2.24) is 15.3 Å². The average Bonchev–Trinajstić information content (AvgIpc) is 3.09. The van der Waals surface area contributed by atoms with Crippen LogP contribution in [0, 0.1) is 6.92 Å². The van der Waals surface area contributed by atoms with Gasteiger partial charge in [0.2, 0.25) is 0 Å². The molecule has 0 unspecified atom stereocenters.